The van der Waals surface area contributed by atoms with Crippen molar-refractivity contribution in [2.75, 3.05) is 38.0 Å². The van der Waals surface area contributed by atoms with Crippen LogP contribution < -0.4 is 9.80 Å². The molecule has 2 rings (SSSR count). The molecule has 0 N–H and O–H groups in total. The van der Waals surface area contributed by atoms with Gasteiger partial charge in [0.05, 0.1) is 0 Å². The fraction of sp³-hybridized carbons (Fsp3) is 0.400. The molecular formula is C10H14ClN7. The van der Waals surface area contributed by atoms with Gasteiger partial charge in [0, 0.05) is 28.2 Å². The third-order valence-electron chi connectivity index (χ3n) is 2.21. The van der Waals surface area contributed by atoms with Crippen molar-refractivity contribution >= 4 is 23.5 Å². The van der Waals surface area contributed by atoms with Gasteiger partial charge in [-0.25, -0.2) is 0 Å². The maximum absolute atomic E-state index is 5.72. The molecule has 0 aliphatic heterocycles. The van der Waals surface area contributed by atoms with Gasteiger partial charge in [-0.05, 0) is 12.1 Å². The molecule has 0 saturated heterocycles. The first-order valence-electron chi connectivity index (χ1n) is 5.30. The number of hydrogen-bond acceptors (Lipinski definition) is 6. The minimum Gasteiger partial charge on any atom is -0.347 e. The first kappa shape index (κ1) is 12.6. The predicted octanol–water partition coefficient (Wildman–Crippen LogP) is 0.843. The van der Waals surface area contributed by atoms with Crippen LogP contribution in [0.25, 0.3) is 5.82 Å². The van der Waals surface area contributed by atoms with E-state index in [1.807, 2.05) is 38.0 Å². The van der Waals surface area contributed by atoms with E-state index in [0.717, 1.165) is 0 Å². The van der Waals surface area contributed by atoms with Gasteiger partial charge < -0.3 is 9.80 Å². The standard InChI is InChI=1S/C10H14ClN7/c1-16(2)9-12-10(17(3)4)18(15-9)8-6-5-7(11)13-14-8/h5-6H,1-4H3. The summed E-state index contributed by atoms with van der Waals surface area (Å²) in [6, 6.07) is 3.41. The molecule has 0 fully saturated rings. The highest BCUT2D eigenvalue weighted by atomic mass is 35.5. The van der Waals surface area contributed by atoms with Crippen molar-refractivity contribution < 1.29 is 0 Å². The molecule has 2 heterocycles. The third-order valence-corrected chi connectivity index (χ3v) is 2.42. The van der Waals surface area contributed by atoms with Gasteiger partial charge in [-0.3, -0.25) is 0 Å². The second-order valence-corrected chi connectivity index (χ2v) is 4.51. The van der Waals surface area contributed by atoms with Crippen molar-refractivity contribution in [3.05, 3.63) is 17.3 Å². The SMILES string of the molecule is CN(C)c1nc(N(C)C)n(-c2ccc(Cl)nn2)n1. The zero-order valence-electron chi connectivity index (χ0n) is 10.7. The second-order valence-electron chi connectivity index (χ2n) is 4.13. The number of halogens is 1. The Hall–Kier alpha value is -1.89. The van der Waals surface area contributed by atoms with Crippen molar-refractivity contribution in [2.24, 2.45) is 0 Å². The largest absolute Gasteiger partial charge is 0.347 e. The highest BCUT2D eigenvalue weighted by molar-refractivity contribution is 6.29. The van der Waals surface area contributed by atoms with E-state index in [2.05, 4.69) is 20.3 Å². The number of rotatable bonds is 3. The van der Waals surface area contributed by atoms with Crippen LogP contribution in [0.15, 0.2) is 12.1 Å². The minimum atomic E-state index is 0.345. The van der Waals surface area contributed by atoms with Gasteiger partial charge in [0.15, 0.2) is 11.0 Å². The summed E-state index contributed by atoms with van der Waals surface area (Å²) < 4.78 is 1.62. The Morgan fingerprint density at radius 2 is 1.78 bits per heavy atom. The molecule has 0 unspecified atom stereocenters. The van der Waals surface area contributed by atoms with Gasteiger partial charge in [0.25, 0.3) is 0 Å². The predicted molar refractivity (Wildman–Crippen MR) is 70.6 cm³/mol. The smallest absolute Gasteiger partial charge is 0.246 e. The van der Waals surface area contributed by atoms with Crippen molar-refractivity contribution in [3.8, 4) is 5.82 Å². The topological polar surface area (TPSA) is 63.0 Å². The van der Waals surface area contributed by atoms with Crippen LogP contribution in [-0.4, -0.2) is 53.2 Å². The lowest BCUT2D eigenvalue weighted by atomic mass is 10.5. The molecule has 0 atom stereocenters. The second kappa shape index (κ2) is 4.77. The maximum atomic E-state index is 5.72. The number of nitrogens with zero attached hydrogens (tertiary/aromatic N) is 7. The summed E-state index contributed by atoms with van der Waals surface area (Å²) in [5.41, 5.74) is 0. The van der Waals surface area contributed by atoms with Gasteiger partial charge in [-0.1, -0.05) is 11.6 Å². The fourth-order valence-electron chi connectivity index (χ4n) is 1.35. The van der Waals surface area contributed by atoms with Crippen LogP contribution in [0, 0.1) is 0 Å². The lowest BCUT2D eigenvalue weighted by molar-refractivity contribution is 0.793. The summed E-state index contributed by atoms with van der Waals surface area (Å²) >= 11 is 5.72. The van der Waals surface area contributed by atoms with Crippen molar-refractivity contribution in [1.82, 2.24) is 25.0 Å². The van der Waals surface area contributed by atoms with E-state index in [-0.39, 0.29) is 0 Å². The van der Waals surface area contributed by atoms with E-state index >= 15 is 0 Å². The van der Waals surface area contributed by atoms with E-state index in [1.54, 1.807) is 16.8 Å². The van der Waals surface area contributed by atoms with Gasteiger partial charge in [-0.2, -0.15) is 9.67 Å². The molecule has 2 aromatic heterocycles. The van der Waals surface area contributed by atoms with Crippen LogP contribution in [0.3, 0.4) is 0 Å². The highest BCUT2D eigenvalue weighted by Gasteiger charge is 2.15. The van der Waals surface area contributed by atoms with E-state index in [1.165, 1.54) is 0 Å². The molecule has 18 heavy (non-hydrogen) atoms. The summed E-state index contributed by atoms with van der Waals surface area (Å²) in [5, 5.41) is 12.5. The monoisotopic (exact) mass is 267 g/mol. The quantitative estimate of drug-likeness (QED) is 0.821. The number of hydrogen-bond donors (Lipinski definition) is 0. The number of aromatic nitrogens is 5. The molecule has 96 valence electrons. The van der Waals surface area contributed by atoms with Gasteiger partial charge in [0.2, 0.25) is 11.9 Å². The number of anilines is 2. The molecule has 0 radical (unpaired) electrons. The van der Waals surface area contributed by atoms with E-state index in [0.29, 0.717) is 22.9 Å². The Labute approximate surface area is 110 Å². The molecule has 8 heteroatoms. The molecule has 0 saturated carbocycles. The molecule has 0 spiro atoms. The van der Waals surface area contributed by atoms with Gasteiger partial charge in [-0.15, -0.1) is 15.3 Å². The minimum absolute atomic E-state index is 0.345. The molecule has 0 amide bonds. The highest BCUT2D eigenvalue weighted by Crippen LogP contribution is 2.18. The first-order chi connectivity index (χ1) is 8.49. The van der Waals surface area contributed by atoms with E-state index in [4.69, 9.17) is 11.6 Å². The molecule has 0 bridgehead atoms. The zero-order chi connectivity index (χ0) is 13.3. The summed E-state index contributed by atoms with van der Waals surface area (Å²) in [7, 11) is 7.55. The van der Waals surface area contributed by atoms with E-state index < -0.39 is 0 Å². The fourth-order valence-corrected chi connectivity index (χ4v) is 1.45. The van der Waals surface area contributed by atoms with Crippen LogP contribution in [-0.2, 0) is 0 Å². The van der Waals surface area contributed by atoms with Crippen LogP contribution in [0.1, 0.15) is 0 Å². The lowest BCUT2D eigenvalue weighted by Gasteiger charge is -2.10. The van der Waals surface area contributed by atoms with Crippen LogP contribution in [0.2, 0.25) is 5.15 Å². The summed E-state index contributed by atoms with van der Waals surface area (Å²) in [4.78, 5) is 8.09. The van der Waals surface area contributed by atoms with Crippen LogP contribution >= 0.6 is 11.6 Å². The first-order valence-corrected chi connectivity index (χ1v) is 5.68. The van der Waals surface area contributed by atoms with E-state index in [9.17, 15) is 0 Å². The Morgan fingerprint density at radius 3 is 2.28 bits per heavy atom. The molecular weight excluding hydrogens is 254 g/mol. The summed E-state index contributed by atoms with van der Waals surface area (Å²) in [6.07, 6.45) is 0. The van der Waals surface area contributed by atoms with Gasteiger partial charge >= 0.3 is 0 Å². The normalized spacial score (nSPS) is 10.5. The lowest BCUT2D eigenvalue weighted by Crippen LogP contribution is -2.16. The summed E-state index contributed by atoms with van der Waals surface area (Å²) in [5.74, 6) is 1.86. The molecule has 0 aliphatic rings. The average Bonchev–Trinajstić information content (AvgIpc) is 2.75. The van der Waals surface area contributed by atoms with Crippen LogP contribution in [0.5, 0.6) is 0 Å². The van der Waals surface area contributed by atoms with Gasteiger partial charge in [0.1, 0.15) is 0 Å². The van der Waals surface area contributed by atoms with Crippen molar-refractivity contribution in [3.63, 3.8) is 0 Å². The Kier molecular flexibility index (Phi) is 3.33. The molecule has 7 nitrogen and oxygen atoms in total. The Morgan fingerprint density at radius 1 is 1.06 bits per heavy atom. The zero-order valence-corrected chi connectivity index (χ0v) is 11.4. The maximum Gasteiger partial charge on any atom is 0.246 e. The Balaban J connectivity index is 2.51. The molecule has 0 aromatic carbocycles. The van der Waals surface area contributed by atoms with Crippen LogP contribution in [0.4, 0.5) is 11.9 Å². The molecule has 2 aromatic rings. The summed E-state index contributed by atoms with van der Waals surface area (Å²) in [6.45, 7) is 0. The average molecular weight is 268 g/mol. The van der Waals surface area contributed by atoms with Crippen molar-refractivity contribution in [2.45, 2.75) is 0 Å². The Bertz CT molecular complexity index is 532. The molecule has 0 aliphatic carbocycles. The van der Waals surface area contributed by atoms with Crippen molar-refractivity contribution in [1.29, 1.82) is 0 Å². The third kappa shape index (κ3) is 2.35.